The van der Waals surface area contributed by atoms with Gasteiger partial charge < -0.3 is 10.5 Å². The van der Waals surface area contributed by atoms with Crippen molar-refractivity contribution in [3.05, 3.63) is 57.1 Å². The van der Waals surface area contributed by atoms with Gasteiger partial charge >= 0.3 is 0 Å². The van der Waals surface area contributed by atoms with Gasteiger partial charge in [-0.15, -0.1) is 0 Å². The van der Waals surface area contributed by atoms with Gasteiger partial charge in [0.25, 0.3) is 0 Å². The van der Waals surface area contributed by atoms with Crippen LogP contribution in [-0.4, -0.2) is 12.9 Å². The lowest BCUT2D eigenvalue weighted by molar-refractivity contribution is 0.103. The summed E-state index contributed by atoms with van der Waals surface area (Å²) in [6, 6.07) is 4.34. The molecule has 3 nitrogen and oxygen atoms in total. The molecule has 21 heavy (non-hydrogen) atoms. The predicted molar refractivity (Wildman–Crippen MR) is 77.2 cm³/mol. The summed E-state index contributed by atoms with van der Waals surface area (Å²) in [6.45, 7) is 0. The molecule has 0 saturated carbocycles. The fraction of sp³-hybridized carbons (Fsp3) is 0.0714. The van der Waals surface area contributed by atoms with Crippen LogP contribution in [0.5, 0.6) is 5.75 Å². The Labute approximate surface area is 129 Å². The van der Waals surface area contributed by atoms with Crippen molar-refractivity contribution in [2.24, 2.45) is 0 Å². The van der Waals surface area contributed by atoms with E-state index >= 15 is 0 Å². The van der Waals surface area contributed by atoms with E-state index in [0.29, 0.717) is 0 Å². The number of ether oxygens (including phenoxy) is 1. The first-order chi connectivity index (χ1) is 9.85. The largest absolute Gasteiger partial charge is 0.497 e. The summed E-state index contributed by atoms with van der Waals surface area (Å²) < 4.78 is 32.6. The van der Waals surface area contributed by atoms with Crippen LogP contribution in [0.25, 0.3) is 0 Å². The Kier molecular flexibility index (Phi) is 4.34. The Morgan fingerprint density at radius 1 is 1.14 bits per heavy atom. The quantitative estimate of drug-likeness (QED) is 0.680. The molecule has 0 aromatic heterocycles. The van der Waals surface area contributed by atoms with Crippen molar-refractivity contribution in [2.45, 2.75) is 0 Å². The molecule has 0 amide bonds. The highest BCUT2D eigenvalue weighted by Crippen LogP contribution is 2.32. The maximum Gasteiger partial charge on any atom is 0.200 e. The van der Waals surface area contributed by atoms with Crippen molar-refractivity contribution in [3.63, 3.8) is 0 Å². The third-order valence-electron chi connectivity index (χ3n) is 2.77. The van der Waals surface area contributed by atoms with Crippen LogP contribution in [0, 0.1) is 11.6 Å². The minimum atomic E-state index is -1.06. The van der Waals surface area contributed by atoms with Crippen LogP contribution >= 0.6 is 23.2 Å². The fourth-order valence-corrected chi connectivity index (χ4v) is 2.22. The standard InChI is InChI=1S/C14H9Cl2F2NO2/c1-21-7-4-10(17)12(11(18)5-7)14(20)8-2-6(19)3-9(15)13(8)16/h2-5H,19H2,1H3. The number of ketones is 1. The van der Waals surface area contributed by atoms with Gasteiger partial charge in [-0.3, -0.25) is 4.79 Å². The lowest BCUT2D eigenvalue weighted by Gasteiger charge is -2.10. The molecule has 0 aliphatic heterocycles. The van der Waals surface area contributed by atoms with E-state index in [1.807, 2.05) is 0 Å². The van der Waals surface area contributed by atoms with E-state index in [1.54, 1.807) is 0 Å². The highest BCUT2D eigenvalue weighted by atomic mass is 35.5. The Morgan fingerprint density at radius 3 is 2.24 bits per heavy atom. The van der Waals surface area contributed by atoms with Crippen LogP contribution in [0.1, 0.15) is 15.9 Å². The van der Waals surface area contributed by atoms with Gasteiger partial charge in [-0.2, -0.15) is 0 Å². The summed E-state index contributed by atoms with van der Waals surface area (Å²) in [5.41, 5.74) is 4.79. The van der Waals surface area contributed by atoms with Crippen molar-refractivity contribution in [1.82, 2.24) is 0 Å². The molecule has 7 heteroatoms. The Balaban J connectivity index is 2.61. The first-order valence-electron chi connectivity index (χ1n) is 5.67. The van der Waals surface area contributed by atoms with E-state index in [2.05, 4.69) is 0 Å². The summed E-state index contributed by atoms with van der Waals surface area (Å²) in [6.07, 6.45) is 0. The van der Waals surface area contributed by atoms with Crippen molar-refractivity contribution >= 4 is 34.7 Å². The minimum absolute atomic E-state index is 0.0225. The van der Waals surface area contributed by atoms with Crippen LogP contribution in [0.2, 0.25) is 10.0 Å². The second kappa shape index (κ2) is 5.87. The number of carbonyl (C=O) groups is 1. The summed E-state index contributed by atoms with van der Waals surface area (Å²) in [4.78, 5) is 12.3. The van der Waals surface area contributed by atoms with E-state index in [-0.39, 0.29) is 27.0 Å². The van der Waals surface area contributed by atoms with Crippen molar-refractivity contribution in [3.8, 4) is 5.75 Å². The molecule has 0 aliphatic rings. The normalized spacial score (nSPS) is 10.5. The second-order valence-corrected chi connectivity index (χ2v) is 4.94. The molecule has 110 valence electrons. The van der Waals surface area contributed by atoms with Crippen LogP contribution in [-0.2, 0) is 0 Å². The minimum Gasteiger partial charge on any atom is -0.497 e. The van der Waals surface area contributed by atoms with E-state index in [4.69, 9.17) is 33.7 Å². The van der Waals surface area contributed by atoms with Crippen molar-refractivity contribution in [2.75, 3.05) is 12.8 Å². The van der Waals surface area contributed by atoms with Gasteiger partial charge in [0, 0.05) is 23.4 Å². The van der Waals surface area contributed by atoms with Gasteiger partial charge in [0.1, 0.15) is 17.4 Å². The Morgan fingerprint density at radius 2 is 1.71 bits per heavy atom. The highest BCUT2D eigenvalue weighted by molar-refractivity contribution is 6.44. The first-order valence-corrected chi connectivity index (χ1v) is 6.43. The molecule has 2 aromatic carbocycles. The lowest BCUT2D eigenvalue weighted by Crippen LogP contribution is -2.09. The summed E-state index contributed by atoms with van der Waals surface area (Å²) in [5, 5.41) is -0.0974. The third kappa shape index (κ3) is 2.94. The number of halogens is 4. The molecule has 2 aromatic rings. The molecule has 0 aliphatic carbocycles. The van der Waals surface area contributed by atoms with E-state index in [0.717, 1.165) is 12.1 Å². The monoisotopic (exact) mass is 331 g/mol. The Hall–Kier alpha value is -1.85. The number of methoxy groups -OCH3 is 1. The predicted octanol–water partition coefficient (Wildman–Crippen LogP) is 4.09. The van der Waals surface area contributed by atoms with Crippen LogP contribution in [0.3, 0.4) is 0 Å². The smallest absolute Gasteiger partial charge is 0.200 e. The fourth-order valence-electron chi connectivity index (χ4n) is 1.79. The summed E-state index contributed by atoms with van der Waals surface area (Å²) in [7, 11) is 1.25. The van der Waals surface area contributed by atoms with E-state index in [1.165, 1.54) is 19.2 Å². The first kappa shape index (κ1) is 15.5. The molecule has 2 rings (SSSR count). The van der Waals surface area contributed by atoms with Gasteiger partial charge in [-0.05, 0) is 12.1 Å². The number of nitrogen functional groups attached to an aromatic ring is 1. The topological polar surface area (TPSA) is 52.3 Å². The van der Waals surface area contributed by atoms with Gasteiger partial charge in [0.2, 0.25) is 5.78 Å². The maximum atomic E-state index is 13.9. The Bertz CT molecular complexity index is 712. The molecule has 0 heterocycles. The molecular formula is C14H9Cl2F2NO2. The van der Waals surface area contributed by atoms with Crippen LogP contribution < -0.4 is 10.5 Å². The number of anilines is 1. The zero-order valence-electron chi connectivity index (χ0n) is 10.7. The number of rotatable bonds is 3. The molecule has 0 fully saturated rings. The highest BCUT2D eigenvalue weighted by Gasteiger charge is 2.23. The third-order valence-corrected chi connectivity index (χ3v) is 3.58. The maximum absolute atomic E-state index is 13.9. The molecule has 0 saturated heterocycles. The molecule has 0 spiro atoms. The van der Waals surface area contributed by atoms with Crippen LogP contribution in [0.4, 0.5) is 14.5 Å². The van der Waals surface area contributed by atoms with Gasteiger partial charge in [0.15, 0.2) is 0 Å². The van der Waals surface area contributed by atoms with Crippen molar-refractivity contribution < 1.29 is 18.3 Å². The SMILES string of the molecule is COc1cc(F)c(C(=O)c2cc(N)cc(Cl)c2Cl)c(F)c1. The molecule has 0 unspecified atom stereocenters. The van der Waals surface area contributed by atoms with E-state index < -0.39 is 23.0 Å². The second-order valence-electron chi connectivity index (χ2n) is 4.16. The summed E-state index contributed by atoms with van der Waals surface area (Å²) in [5.74, 6) is -3.12. The number of nitrogens with two attached hydrogens (primary N) is 1. The average molecular weight is 332 g/mol. The molecule has 0 atom stereocenters. The zero-order valence-corrected chi connectivity index (χ0v) is 12.2. The van der Waals surface area contributed by atoms with E-state index in [9.17, 15) is 13.6 Å². The van der Waals surface area contributed by atoms with Gasteiger partial charge in [-0.1, -0.05) is 23.2 Å². The van der Waals surface area contributed by atoms with Crippen molar-refractivity contribution in [1.29, 1.82) is 0 Å². The number of benzene rings is 2. The number of carbonyl (C=O) groups excluding carboxylic acids is 1. The molecular weight excluding hydrogens is 323 g/mol. The summed E-state index contributed by atoms with van der Waals surface area (Å²) >= 11 is 11.7. The number of hydrogen-bond donors (Lipinski definition) is 1. The van der Waals surface area contributed by atoms with Crippen LogP contribution in [0.15, 0.2) is 24.3 Å². The lowest BCUT2D eigenvalue weighted by atomic mass is 10.0. The number of hydrogen-bond acceptors (Lipinski definition) is 3. The molecule has 0 radical (unpaired) electrons. The molecule has 0 bridgehead atoms. The zero-order chi connectivity index (χ0) is 15.7. The molecule has 2 N–H and O–H groups in total. The van der Waals surface area contributed by atoms with Gasteiger partial charge in [0.05, 0.1) is 22.7 Å². The van der Waals surface area contributed by atoms with Gasteiger partial charge in [-0.25, -0.2) is 8.78 Å². The average Bonchev–Trinajstić information content (AvgIpc) is 2.41.